The first-order valence-electron chi connectivity index (χ1n) is 5.88. The van der Waals surface area contributed by atoms with E-state index in [-0.39, 0.29) is 11.8 Å². The molecule has 1 atom stereocenters. The van der Waals surface area contributed by atoms with E-state index in [9.17, 15) is 4.79 Å². The van der Waals surface area contributed by atoms with Gasteiger partial charge in [-0.25, -0.2) is 4.99 Å². The number of fused-ring (bicyclic) bond motifs is 1. The molecule has 6 heteroatoms. The number of nitrogens with one attached hydrogen (secondary N) is 1. The van der Waals surface area contributed by atoms with Crippen molar-refractivity contribution in [2.45, 2.75) is 13.8 Å². The van der Waals surface area contributed by atoms with Crippen LogP contribution in [0.5, 0.6) is 0 Å². The molecule has 0 radical (unpaired) electrons. The van der Waals surface area contributed by atoms with E-state index < -0.39 is 0 Å². The largest absolute Gasteiger partial charge is 0.309 e. The Morgan fingerprint density at radius 1 is 1.39 bits per heavy atom. The van der Waals surface area contributed by atoms with Gasteiger partial charge in [-0.05, 0) is 30.6 Å². The first-order valence-corrected chi connectivity index (χ1v) is 8.09. The summed E-state index contributed by atoms with van der Waals surface area (Å²) < 4.78 is 0. The lowest BCUT2D eigenvalue weighted by atomic mass is 10.0. The molecule has 0 aromatic heterocycles. The number of aliphatic imine (C=N–C) groups is 2. The van der Waals surface area contributed by atoms with Gasteiger partial charge in [0.2, 0.25) is 0 Å². The summed E-state index contributed by atoms with van der Waals surface area (Å²) in [5, 5.41) is 4.14. The minimum Gasteiger partial charge on any atom is -0.309 e. The van der Waals surface area contributed by atoms with Crippen molar-refractivity contribution in [2.24, 2.45) is 15.9 Å². The Morgan fingerprint density at radius 3 is 2.89 bits per heavy atom. The maximum absolute atomic E-state index is 12.0. The van der Waals surface area contributed by atoms with Crippen LogP contribution in [0.3, 0.4) is 0 Å². The highest BCUT2D eigenvalue weighted by Crippen LogP contribution is 2.39. The summed E-state index contributed by atoms with van der Waals surface area (Å²) in [6.45, 7) is 5.50. The third-order valence-electron chi connectivity index (χ3n) is 2.98. The molecule has 2 heterocycles. The fraction of sp³-hybridized carbons (Fsp3) is 0.583. The molecule has 0 aliphatic carbocycles. The molecule has 18 heavy (non-hydrogen) atoms. The summed E-state index contributed by atoms with van der Waals surface area (Å²) in [4.78, 5) is 21.7. The Labute approximate surface area is 116 Å². The van der Waals surface area contributed by atoms with Crippen LogP contribution in [0.2, 0.25) is 0 Å². The molecule has 2 rings (SSSR count). The highest BCUT2D eigenvalue weighted by atomic mass is 32.2. The first-order chi connectivity index (χ1) is 8.63. The van der Waals surface area contributed by atoms with Gasteiger partial charge in [0.1, 0.15) is 11.8 Å². The standard InChI is InChI=1S/C12H17N3OS2/c1-7-8(2)18-12-10(7)11(16)14-9(15-12)6-13-4-5-17-3/h10,13H,4-6H2,1-3H3. The van der Waals surface area contributed by atoms with Crippen molar-refractivity contribution in [3.63, 3.8) is 0 Å². The second-order valence-corrected chi connectivity index (χ2v) is 6.48. The minimum absolute atomic E-state index is 0.0662. The lowest BCUT2D eigenvalue weighted by Gasteiger charge is -2.15. The number of amides is 1. The summed E-state index contributed by atoms with van der Waals surface area (Å²) in [6.07, 6.45) is 2.07. The van der Waals surface area contributed by atoms with Crippen LogP contribution in [0.1, 0.15) is 13.8 Å². The van der Waals surface area contributed by atoms with Crippen molar-refractivity contribution < 1.29 is 4.79 Å². The van der Waals surface area contributed by atoms with Crippen LogP contribution < -0.4 is 5.32 Å². The molecule has 2 aliphatic heterocycles. The molecule has 1 unspecified atom stereocenters. The third-order valence-corrected chi connectivity index (χ3v) is 4.76. The summed E-state index contributed by atoms with van der Waals surface area (Å²) >= 11 is 3.39. The normalized spacial score (nSPS) is 23.1. The van der Waals surface area contributed by atoms with Crippen LogP contribution >= 0.6 is 23.5 Å². The summed E-state index contributed by atoms with van der Waals surface area (Å²) in [7, 11) is 0. The van der Waals surface area contributed by atoms with Crippen LogP contribution in [0.25, 0.3) is 0 Å². The average Bonchev–Trinajstić information content (AvgIpc) is 2.61. The zero-order chi connectivity index (χ0) is 13.1. The monoisotopic (exact) mass is 283 g/mol. The fourth-order valence-corrected chi connectivity index (χ4v) is 3.35. The fourth-order valence-electron chi connectivity index (χ4n) is 1.86. The van der Waals surface area contributed by atoms with Crippen molar-refractivity contribution in [1.29, 1.82) is 0 Å². The van der Waals surface area contributed by atoms with Gasteiger partial charge in [-0.3, -0.25) is 4.79 Å². The molecule has 1 amide bonds. The number of carbonyl (C=O) groups excluding carboxylic acids is 1. The minimum atomic E-state index is -0.204. The molecule has 98 valence electrons. The summed E-state index contributed by atoms with van der Waals surface area (Å²) in [5.74, 6) is 1.39. The highest BCUT2D eigenvalue weighted by molar-refractivity contribution is 8.17. The highest BCUT2D eigenvalue weighted by Gasteiger charge is 2.36. The van der Waals surface area contributed by atoms with Gasteiger partial charge < -0.3 is 5.32 Å². The number of amidine groups is 1. The number of hydrogen-bond acceptors (Lipinski definition) is 5. The quantitative estimate of drug-likeness (QED) is 0.783. The predicted octanol–water partition coefficient (Wildman–Crippen LogP) is 1.93. The first kappa shape index (κ1) is 13.8. The lowest BCUT2D eigenvalue weighted by Crippen LogP contribution is -2.31. The Morgan fingerprint density at radius 2 is 2.17 bits per heavy atom. The van der Waals surface area contributed by atoms with E-state index >= 15 is 0 Å². The summed E-state index contributed by atoms with van der Waals surface area (Å²) in [6, 6.07) is 0. The molecule has 0 fully saturated rings. The van der Waals surface area contributed by atoms with Crippen molar-refractivity contribution in [3.05, 3.63) is 10.5 Å². The second-order valence-electron chi connectivity index (χ2n) is 4.26. The number of allylic oxidation sites excluding steroid dienone is 1. The Kier molecular flexibility index (Phi) is 4.64. The van der Waals surface area contributed by atoms with Gasteiger partial charge in [-0.15, -0.1) is 0 Å². The zero-order valence-electron chi connectivity index (χ0n) is 10.8. The maximum Gasteiger partial charge on any atom is 0.261 e. The maximum atomic E-state index is 12.0. The number of rotatable bonds is 5. The Bertz CT molecular complexity index is 454. The molecule has 0 aromatic carbocycles. The second kappa shape index (κ2) is 6.04. The van der Waals surface area contributed by atoms with Crippen molar-refractivity contribution in [1.82, 2.24) is 5.32 Å². The van der Waals surface area contributed by atoms with Crippen molar-refractivity contribution in [2.75, 3.05) is 25.1 Å². The van der Waals surface area contributed by atoms with E-state index in [1.807, 2.05) is 13.8 Å². The van der Waals surface area contributed by atoms with E-state index in [1.165, 1.54) is 4.91 Å². The molecule has 0 saturated heterocycles. The van der Waals surface area contributed by atoms with Gasteiger partial charge in [0.25, 0.3) is 5.91 Å². The zero-order valence-corrected chi connectivity index (χ0v) is 12.5. The Balaban J connectivity index is 1.99. The molecule has 4 nitrogen and oxygen atoms in total. The number of thioether (sulfide) groups is 2. The molecular formula is C12H17N3OS2. The SMILES string of the molecule is CSCCNCC1=NC(=O)C2C(=N1)SC(C)=C2C. The van der Waals surface area contributed by atoms with Gasteiger partial charge in [0.15, 0.2) is 0 Å². The van der Waals surface area contributed by atoms with Gasteiger partial charge in [-0.2, -0.15) is 16.8 Å². The van der Waals surface area contributed by atoms with Gasteiger partial charge in [-0.1, -0.05) is 11.8 Å². The molecule has 0 aromatic rings. The molecule has 0 saturated carbocycles. The van der Waals surface area contributed by atoms with Crippen LogP contribution in [0.15, 0.2) is 20.5 Å². The average molecular weight is 283 g/mol. The van der Waals surface area contributed by atoms with E-state index in [4.69, 9.17) is 0 Å². The van der Waals surface area contributed by atoms with Gasteiger partial charge >= 0.3 is 0 Å². The van der Waals surface area contributed by atoms with Crippen molar-refractivity contribution >= 4 is 40.3 Å². The lowest BCUT2D eigenvalue weighted by molar-refractivity contribution is -0.118. The van der Waals surface area contributed by atoms with Crippen molar-refractivity contribution in [3.8, 4) is 0 Å². The van der Waals surface area contributed by atoms with Gasteiger partial charge in [0, 0.05) is 12.3 Å². The van der Waals surface area contributed by atoms with Gasteiger partial charge in [0.05, 0.1) is 11.6 Å². The van der Waals surface area contributed by atoms with Crippen LogP contribution in [-0.2, 0) is 4.79 Å². The van der Waals surface area contributed by atoms with E-state index in [0.717, 1.165) is 22.9 Å². The third kappa shape index (κ3) is 2.87. The number of carbonyl (C=O) groups is 1. The topological polar surface area (TPSA) is 53.8 Å². The predicted molar refractivity (Wildman–Crippen MR) is 80.6 cm³/mol. The molecule has 1 N–H and O–H groups in total. The van der Waals surface area contributed by atoms with Crippen LogP contribution in [0.4, 0.5) is 0 Å². The van der Waals surface area contributed by atoms with Crippen LogP contribution in [0, 0.1) is 5.92 Å². The molecule has 0 spiro atoms. The van der Waals surface area contributed by atoms with E-state index in [1.54, 1.807) is 23.5 Å². The number of hydrogen-bond donors (Lipinski definition) is 1. The van der Waals surface area contributed by atoms with E-state index in [0.29, 0.717) is 12.4 Å². The number of nitrogens with zero attached hydrogens (tertiary/aromatic N) is 2. The molecule has 0 bridgehead atoms. The smallest absolute Gasteiger partial charge is 0.261 e. The van der Waals surface area contributed by atoms with E-state index in [2.05, 4.69) is 21.6 Å². The molecular weight excluding hydrogens is 266 g/mol. The molecule has 2 aliphatic rings. The summed E-state index contributed by atoms with van der Waals surface area (Å²) in [5.41, 5.74) is 1.10. The Hall–Kier alpha value is -0.590. The van der Waals surface area contributed by atoms with Crippen LogP contribution in [-0.4, -0.2) is 41.9 Å².